The minimum Gasteiger partial charge on any atom is -0.484 e. The summed E-state index contributed by atoms with van der Waals surface area (Å²) in [7, 11) is 0. The van der Waals surface area contributed by atoms with E-state index in [9.17, 15) is 4.79 Å². The monoisotopic (exact) mass is 431 g/mol. The van der Waals surface area contributed by atoms with Gasteiger partial charge in [-0.2, -0.15) is 0 Å². The number of unbranched alkanes of at least 4 members (excludes halogenated alkanes) is 2. The summed E-state index contributed by atoms with van der Waals surface area (Å²) in [5, 5.41) is 12.3. The van der Waals surface area contributed by atoms with E-state index in [4.69, 9.17) is 4.74 Å². The highest BCUT2D eigenvalue weighted by Crippen LogP contribution is 2.18. The molecule has 0 unspecified atom stereocenters. The lowest BCUT2D eigenvalue weighted by atomic mass is 10.2. The highest BCUT2D eigenvalue weighted by Gasteiger charge is 2.08. The van der Waals surface area contributed by atoms with Crippen LogP contribution in [0.15, 0.2) is 24.3 Å². The zero-order valence-electron chi connectivity index (χ0n) is 12.3. The Hall–Kier alpha value is -1.22. The molecule has 118 valence electrons. The minimum atomic E-state index is -0.227. The van der Waals surface area contributed by atoms with Crippen LogP contribution in [-0.2, 0) is 11.2 Å². The van der Waals surface area contributed by atoms with Gasteiger partial charge in [-0.15, -0.1) is 10.2 Å². The van der Waals surface area contributed by atoms with Gasteiger partial charge >= 0.3 is 0 Å². The molecule has 0 fully saturated rings. The molecule has 22 heavy (non-hydrogen) atoms. The topological polar surface area (TPSA) is 64.1 Å². The molecule has 0 aliphatic carbocycles. The van der Waals surface area contributed by atoms with E-state index >= 15 is 0 Å². The number of benzene rings is 1. The molecule has 2 aromatic rings. The summed E-state index contributed by atoms with van der Waals surface area (Å²) in [4.78, 5) is 11.8. The number of carbonyl (C=O) groups is 1. The van der Waals surface area contributed by atoms with Crippen molar-refractivity contribution in [2.75, 3.05) is 11.9 Å². The Morgan fingerprint density at radius 2 is 2.05 bits per heavy atom. The fourth-order valence-electron chi connectivity index (χ4n) is 1.77. The summed E-state index contributed by atoms with van der Waals surface area (Å²) in [6.45, 7) is 2.13. The summed E-state index contributed by atoms with van der Waals surface area (Å²) < 4.78 is 6.55. The van der Waals surface area contributed by atoms with E-state index in [1.165, 1.54) is 24.2 Å². The van der Waals surface area contributed by atoms with Crippen molar-refractivity contribution in [3.05, 3.63) is 32.8 Å². The van der Waals surface area contributed by atoms with Gasteiger partial charge in [-0.25, -0.2) is 0 Å². The molecule has 5 nitrogen and oxygen atoms in total. The van der Waals surface area contributed by atoms with Crippen LogP contribution < -0.4 is 10.1 Å². The van der Waals surface area contributed by atoms with Crippen molar-refractivity contribution in [2.24, 2.45) is 0 Å². The number of rotatable bonds is 8. The lowest BCUT2D eigenvalue weighted by molar-refractivity contribution is -0.118. The summed E-state index contributed by atoms with van der Waals surface area (Å²) in [5.41, 5.74) is 0. The molecule has 0 aliphatic heterocycles. The zero-order chi connectivity index (χ0) is 15.8. The molecule has 7 heteroatoms. The van der Waals surface area contributed by atoms with Gasteiger partial charge in [0.2, 0.25) is 5.13 Å². The number of aromatic nitrogens is 2. The number of anilines is 1. The van der Waals surface area contributed by atoms with Crippen molar-refractivity contribution in [3.63, 3.8) is 0 Å². The molecule has 0 atom stereocenters. The van der Waals surface area contributed by atoms with Crippen LogP contribution in [0, 0.1) is 3.57 Å². The van der Waals surface area contributed by atoms with Crippen LogP contribution in [-0.4, -0.2) is 22.7 Å². The van der Waals surface area contributed by atoms with Crippen LogP contribution in [0.4, 0.5) is 5.13 Å². The molecule has 0 bridgehead atoms. The highest BCUT2D eigenvalue weighted by atomic mass is 127. The van der Waals surface area contributed by atoms with E-state index in [0.29, 0.717) is 10.9 Å². The first-order valence-corrected chi connectivity index (χ1v) is 9.07. The Labute approximate surface area is 147 Å². The molecule has 0 radical (unpaired) electrons. The third-order valence-corrected chi connectivity index (χ3v) is 4.51. The maximum atomic E-state index is 11.8. The smallest absolute Gasteiger partial charge is 0.264 e. The largest absolute Gasteiger partial charge is 0.484 e. The van der Waals surface area contributed by atoms with Gasteiger partial charge in [-0.05, 0) is 53.3 Å². The Bertz CT molecular complexity index is 601. The Kier molecular flexibility index (Phi) is 7.04. The van der Waals surface area contributed by atoms with Gasteiger partial charge in [0.1, 0.15) is 10.8 Å². The van der Waals surface area contributed by atoms with Crippen molar-refractivity contribution in [1.29, 1.82) is 0 Å². The standard InChI is InChI=1S/C15H18IN3O2S/c1-2-3-4-5-14-18-19-15(22-14)17-13(20)10-21-12-8-6-11(16)7-9-12/h6-9H,2-5,10H2,1H3,(H,17,19,20). The zero-order valence-corrected chi connectivity index (χ0v) is 15.3. The molecule has 0 aliphatic rings. The number of ether oxygens (including phenoxy) is 1. The van der Waals surface area contributed by atoms with Crippen molar-refractivity contribution in [1.82, 2.24) is 10.2 Å². The van der Waals surface area contributed by atoms with E-state index in [1.54, 1.807) is 0 Å². The maximum absolute atomic E-state index is 11.8. The van der Waals surface area contributed by atoms with E-state index in [1.807, 2.05) is 24.3 Å². The van der Waals surface area contributed by atoms with E-state index in [0.717, 1.165) is 21.4 Å². The van der Waals surface area contributed by atoms with Gasteiger partial charge in [0.25, 0.3) is 5.91 Å². The van der Waals surface area contributed by atoms with Crippen LogP contribution in [0.25, 0.3) is 0 Å². The van der Waals surface area contributed by atoms with E-state index in [2.05, 4.69) is 45.0 Å². The van der Waals surface area contributed by atoms with Crippen molar-refractivity contribution in [3.8, 4) is 5.75 Å². The first-order chi connectivity index (χ1) is 10.7. The molecular weight excluding hydrogens is 413 g/mol. The van der Waals surface area contributed by atoms with Crippen LogP contribution in [0.5, 0.6) is 5.75 Å². The summed E-state index contributed by atoms with van der Waals surface area (Å²) in [5.74, 6) is 0.447. The van der Waals surface area contributed by atoms with E-state index < -0.39 is 0 Å². The van der Waals surface area contributed by atoms with Gasteiger partial charge in [-0.1, -0.05) is 31.1 Å². The quantitative estimate of drug-likeness (QED) is 0.509. The van der Waals surface area contributed by atoms with Gasteiger partial charge in [0.15, 0.2) is 6.61 Å². The maximum Gasteiger partial charge on any atom is 0.264 e. The predicted molar refractivity (Wildman–Crippen MR) is 96.4 cm³/mol. The fraction of sp³-hybridized carbons (Fsp3) is 0.400. The van der Waals surface area contributed by atoms with Gasteiger partial charge in [-0.3, -0.25) is 10.1 Å². The Morgan fingerprint density at radius 3 is 2.77 bits per heavy atom. The average molecular weight is 431 g/mol. The normalized spacial score (nSPS) is 10.5. The first-order valence-electron chi connectivity index (χ1n) is 7.18. The molecule has 2 rings (SSSR count). The molecule has 1 amide bonds. The highest BCUT2D eigenvalue weighted by molar-refractivity contribution is 14.1. The molecule has 1 heterocycles. The van der Waals surface area contributed by atoms with E-state index in [-0.39, 0.29) is 12.5 Å². The minimum absolute atomic E-state index is 0.0364. The van der Waals surface area contributed by atoms with Crippen molar-refractivity contribution in [2.45, 2.75) is 32.6 Å². The Balaban J connectivity index is 1.75. The second-order valence-electron chi connectivity index (χ2n) is 4.75. The number of halogens is 1. The van der Waals surface area contributed by atoms with Gasteiger partial charge in [0.05, 0.1) is 0 Å². The van der Waals surface area contributed by atoms with Crippen LogP contribution in [0.2, 0.25) is 0 Å². The number of aryl methyl sites for hydroxylation is 1. The van der Waals surface area contributed by atoms with Gasteiger partial charge in [0, 0.05) is 9.99 Å². The number of carbonyl (C=O) groups excluding carboxylic acids is 1. The van der Waals surface area contributed by atoms with Crippen LogP contribution >= 0.6 is 33.9 Å². The number of hydrogen-bond acceptors (Lipinski definition) is 5. The van der Waals surface area contributed by atoms with Crippen LogP contribution in [0.3, 0.4) is 0 Å². The Morgan fingerprint density at radius 1 is 1.27 bits per heavy atom. The first kappa shape index (κ1) is 17.1. The molecule has 0 spiro atoms. The molecule has 1 N–H and O–H groups in total. The number of nitrogens with one attached hydrogen (secondary N) is 1. The average Bonchev–Trinajstić information content (AvgIpc) is 2.94. The lowest BCUT2D eigenvalue weighted by Gasteiger charge is -2.05. The number of amides is 1. The van der Waals surface area contributed by atoms with Crippen molar-refractivity contribution >= 4 is 45.0 Å². The number of hydrogen-bond donors (Lipinski definition) is 1. The van der Waals surface area contributed by atoms with Gasteiger partial charge < -0.3 is 4.74 Å². The summed E-state index contributed by atoms with van der Waals surface area (Å²) in [6, 6.07) is 7.54. The lowest BCUT2D eigenvalue weighted by Crippen LogP contribution is -2.20. The predicted octanol–water partition coefficient (Wildman–Crippen LogP) is 3.89. The third kappa shape index (κ3) is 5.88. The molecular formula is C15H18IN3O2S. The second-order valence-corrected chi connectivity index (χ2v) is 7.06. The number of nitrogens with zero attached hydrogens (tertiary/aromatic N) is 2. The summed E-state index contributed by atoms with van der Waals surface area (Å²) >= 11 is 3.64. The van der Waals surface area contributed by atoms with Crippen molar-refractivity contribution < 1.29 is 9.53 Å². The second kappa shape index (κ2) is 9.04. The molecule has 0 saturated carbocycles. The third-order valence-electron chi connectivity index (χ3n) is 2.89. The fourth-order valence-corrected chi connectivity index (χ4v) is 2.92. The molecule has 1 aromatic carbocycles. The molecule has 0 saturated heterocycles. The molecule has 1 aromatic heterocycles. The summed E-state index contributed by atoms with van der Waals surface area (Å²) in [6.07, 6.45) is 4.39. The SMILES string of the molecule is CCCCCc1nnc(NC(=O)COc2ccc(I)cc2)s1. The van der Waals surface area contributed by atoms with Crippen LogP contribution in [0.1, 0.15) is 31.2 Å².